The number of aryl methyl sites for hydroxylation is 2. The van der Waals surface area contributed by atoms with Crippen molar-refractivity contribution < 1.29 is 9.53 Å². The second-order valence-corrected chi connectivity index (χ2v) is 8.24. The zero-order valence-electron chi connectivity index (χ0n) is 16.9. The lowest BCUT2D eigenvalue weighted by molar-refractivity contribution is -0.116. The summed E-state index contributed by atoms with van der Waals surface area (Å²) in [6.45, 7) is 3.90. The van der Waals surface area contributed by atoms with Crippen LogP contribution in [0.15, 0.2) is 59.7 Å². The van der Waals surface area contributed by atoms with Crippen LogP contribution < -0.4 is 15.6 Å². The van der Waals surface area contributed by atoms with Gasteiger partial charge < -0.3 is 10.1 Å². The predicted molar refractivity (Wildman–Crippen MR) is 120 cm³/mol. The monoisotopic (exact) mass is 419 g/mol. The van der Waals surface area contributed by atoms with E-state index in [0.717, 1.165) is 21.6 Å². The minimum Gasteiger partial charge on any atom is -0.497 e. The molecule has 7 heteroatoms. The molecule has 0 atom stereocenters. The third-order valence-electron chi connectivity index (χ3n) is 4.88. The van der Waals surface area contributed by atoms with E-state index in [0.29, 0.717) is 21.7 Å². The van der Waals surface area contributed by atoms with E-state index in [1.807, 2.05) is 38.1 Å². The summed E-state index contributed by atoms with van der Waals surface area (Å²) in [5.74, 6) is 0.405. The van der Waals surface area contributed by atoms with E-state index in [2.05, 4.69) is 10.3 Å². The van der Waals surface area contributed by atoms with Gasteiger partial charge in [-0.2, -0.15) is 0 Å². The molecular weight excluding hydrogens is 398 g/mol. The molecule has 0 saturated carbocycles. The Morgan fingerprint density at radius 1 is 1.10 bits per heavy atom. The van der Waals surface area contributed by atoms with Gasteiger partial charge in [-0.3, -0.25) is 14.2 Å². The number of ether oxygens (including phenoxy) is 1. The molecule has 2 aromatic heterocycles. The van der Waals surface area contributed by atoms with Crippen LogP contribution in [0.2, 0.25) is 0 Å². The number of hydrogen-bond acceptors (Lipinski definition) is 5. The zero-order chi connectivity index (χ0) is 21.3. The second kappa shape index (κ2) is 8.12. The molecule has 0 radical (unpaired) electrons. The van der Waals surface area contributed by atoms with Gasteiger partial charge in [0.05, 0.1) is 18.8 Å². The Labute approximate surface area is 177 Å². The number of carbonyl (C=O) groups is 1. The molecule has 2 heterocycles. The summed E-state index contributed by atoms with van der Waals surface area (Å²) >= 11 is 1.49. The summed E-state index contributed by atoms with van der Waals surface area (Å²) in [6.07, 6.45) is 1.44. The van der Waals surface area contributed by atoms with E-state index < -0.39 is 0 Å². The van der Waals surface area contributed by atoms with E-state index >= 15 is 0 Å². The van der Waals surface area contributed by atoms with E-state index in [1.165, 1.54) is 22.2 Å². The fourth-order valence-corrected chi connectivity index (χ4v) is 4.35. The summed E-state index contributed by atoms with van der Waals surface area (Å²) in [6, 6.07) is 15.1. The molecule has 0 saturated heterocycles. The van der Waals surface area contributed by atoms with Gasteiger partial charge in [-0.05, 0) is 43.7 Å². The first kappa shape index (κ1) is 19.8. The fourth-order valence-electron chi connectivity index (χ4n) is 3.35. The highest BCUT2D eigenvalue weighted by molar-refractivity contribution is 7.19. The van der Waals surface area contributed by atoms with Gasteiger partial charge >= 0.3 is 0 Å². The number of anilines is 1. The van der Waals surface area contributed by atoms with Gasteiger partial charge in [0.1, 0.15) is 17.1 Å². The Bertz CT molecular complexity index is 1270. The van der Waals surface area contributed by atoms with Gasteiger partial charge in [-0.25, -0.2) is 4.98 Å². The molecule has 6 nitrogen and oxygen atoms in total. The number of carbonyl (C=O) groups excluding carboxylic acids is 1. The number of aromatic nitrogens is 2. The van der Waals surface area contributed by atoms with Crippen molar-refractivity contribution in [2.45, 2.75) is 20.4 Å². The summed E-state index contributed by atoms with van der Waals surface area (Å²) < 4.78 is 6.47. The molecule has 0 bridgehead atoms. The molecule has 4 aromatic rings. The van der Waals surface area contributed by atoms with Crippen molar-refractivity contribution in [1.29, 1.82) is 0 Å². The molecule has 152 valence electrons. The van der Waals surface area contributed by atoms with Crippen LogP contribution in [0.4, 0.5) is 5.69 Å². The summed E-state index contributed by atoms with van der Waals surface area (Å²) in [4.78, 5) is 31.8. The maximum Gasteiger partial charge on any atom is 0.263 e. The smallest absolute Gasteiger partial charge is 0.263 e. The number of hydrogen-bond donors (Lipinski definition) is 1. The predicted octanol–water partition coefficient (Wildman–Crippen LogP) is 4.39. The Morgan fingerprint density at radius 3 is 2.47 bits per heavy atom. The lowest BCUT2D eigenvalue weighted by Crippen LogP contribution is -2.27. The SMILES string of the molecule is COc1ccc(NC(=O)Cn2cnc3sc(C)c(-c4ccc(C)cc4)c3c2=O)cc1. The van der Waals surface area contributed by atoms with Gasteiger partial charge in [0.15, 0.2) is 0 Å². The van der Waals surface area contributed by atoms with Crippen molar-refractivity contribution in [3.8, 4) is 16.9 Å². The molecule has 2 aromatic carbocycles. The van der Waals surface area contributed by atoms with E-state index in [-0.39, 0.29) is 18.0 Å². The Morgan fingerprint density at radius 2 is 1.80 bits per heavy atom. The third kappa shape index (κ3) is 3.84. The number of thiophene rings is 1. The van der Waals surface area contributed by atoms with E-state index in [4.69, 9.17) is 4.74 Å². The van der Waals surface area contributed by atoms with Crippen molar-refractivity contribution in [2.24, 2.45) is 0 Å². The van der Waals surface area contributed by atoms with Crippen LogP contribution >= 0.6 is 11.3 Å². The molecule has 0 spiro atoms. The van der Waals surface area contributed by atoms with Crippen molar-refractivity contribution >= 4 is 33.1 Å². The number of rotatable bonds is 5. The average molecular weight is 420 g/mol. The maximum absolute atomic E-state index is 13.2. The first-order valence-electron chi connectivity index (χ1n) is 9.45. The highest BCUT2D eigenvalue weighted by Crippen LogP contribution is 2.35. The van der Waals surface area contributed by atoms with Gasteiger partial charge in [-0.15, -0.1) is 11.3 Å². The molecule has 0 aliphatic rings. The maximum atomic E-state index is 13.2. The lowest BCUT2D eigenvalue weighted by Gasteiger charge is -2.09. The zero-order valence-corrected chi connectivity index (χ0v) is 17.7. The molecule has 1 N–H and O–H groups in total. The van der Waals surface area contributed by atoms with Crippen LogP contribution in [0, 0.1) is 13.8 Å². The first-order valence-corrected chi connectivity index (χ1v) is 10.3. The van der Waals surface area contributed by atoms with Crippen LogP contribution in [0.1, 0.15) is 10.4 Å². The molecule has 0 fully saturated rings. The van der Waals surface area contributed by atoms with Crippen molar-refractivity contribution in [3.63, 3.8) is 0 Å². The van der Waals surface area contributed by atoms with E-state index in [9.17, 15) is 9.59 Å². The van der Waals surface area contributed by atoms with Crippen LogP contribution in [0.3, 0.4) is 0 Å². The minimum atomic E-state index is -0.299. The summed E-state index contributed by atoms with van der Waals surface area (Å²) in [5, 5.41) is 3.35. The topological polar surface area (TPSA) is 73.2 Å². The quantitative estimate of drug-likeness (QED) is 0.521. The normalized spacial score (nSPS) is 10.9. The standard InChI is InChI=1S/C23H21N3O3S/c1-14-4-6-16(7-5-14)20-15(2)30-22-21(20)23(28)26(13-24-22)12-19(27)25-17-8-10-18(29-3)11-9-17/h4-11,13H,12H2,1-3H3,(H,25,27). The lowest BCUT2D eigenvalue weighted by atomic mass is 10.0. The fraction of sp³-hybridized carbons (Fsp3) is 0.174. The summed E-state index contributed by atoms with van der Waals surface area (Å²) in [5.41, 5.74) is 3.43. The molecule has 0 aliphatic carbocycles. The van der Waals surface area contributed by atoms with Gasteiger partial charge in [0.25, 0.3) is 5.56 Å². The van der Waals surface area contributed by atoms with Crippen LogP contribution in [-0.4, -0.2) is 22.6 Å². The number of amides is 1. The van der Waals surface area contributed by atoms with Crippen molar-refractivity contribution in [1.82, 2.24) is 9.55 Å². The molecular formula is C23H21N3O3S. The Hall–Kier alpha value is -3.45. The summed E-state index contributed by atoms with van der Waals surface area (Å²) in [7, 11) is 1.58. The Balaban J connectivity index is 1.65. The van der Waals surface area contributed by atoms with Gasteiger partial charge in [-0.1, -0.05) is 29.8 Å². The highest BCUT2D eigenvalue weighted by atomic mass is 32.1. The van der Waals surface area contributed by atoms with Crippen molar-refractivity contribution in [3.05, 3.63) is 75.7 Å². The third-order valence-corrected chi connectivity index (χ3v) is 5.90. The second-order valence-electron chi connectivity index (χ2n) is 7.03. The average Bonchev–Trinajstić information content (AvgIpc) is 3.08. The molecule has 0 aliphatic heterocycles. The molecule has 4 rings (SSSR count). The number of benzene rings is 2. The number of fused-ring (bicyclic) bond motifs is 1. The molecule has 30 heavy (non-hydrogen) atoms. The highest BCUT2D eigenvalue weighted by Gasteiger charge is 2.17. The van der Waals surface area contributed by atoms with Crippen LogP contribution in [0.25, 0.3) is 21.3 Å². The largest absolute Gasteiger partial charge is 0.497 e. The number of nitrogens with one attached hydrogen (secondary N) is 1. The first-order chi connectivity index (χ1) is 14.5. The number of methoxy groups -OCH3 is 1. The molecule has 0 unspecified atom stereocenters. The number of nitrogens with zero attached hydrogens (tertiary/aromatic N) is 2. The van der Waals surface area contributed by atoms with Gasteiger partial charge in [0, 0.05) is 16.1 Å². The van der Waals surface area contributed by atoms with Gasteiger partial charge in [0.2, 0.25) is 5.91 Å². The van der Waals surface area contributed by atoms with E-state index in [1.54, 1.807) is 31.4 Å². The van der Waals surface area contributed by atoms with Crippen molar-refractivity contribution in [2.75, 3.05) is 12.4 Å². The Kier molecular flexibility index (Phi) is 5.37. The minimum absolute atomic E-state index is 0.115. The van der Waals surface area contributed by atoms with Crippen LogP contribution in [0.5, 0.6) is 5.75 Å². The van der Waals surface area contributed by atoms with Crippen LogP contribution in [-0.2, 0) is 11.3 Å². The molecule has 1 amide bonds.